The molecule has 8 N–H and O–H groups in total. The van der Waals surface area contributed by atoms with Crippen LogP contribution in [0.1, 0.15) is 6.04 Å². The average molecular weight is 350 g/mol. The van der Waals surface area contributed by atoms with Crippen LogP contribution in [0.3, 0.4) is 0 Å². The molecule has 2 rings (SSSR count). The molecule has 126 valence electrons. The predicted octanol–water partition coefficient (Wildman–Crippen LogP) is -2.02. The summed E-state index contributed by atoms with van der Waals surface area (Å²) >= 11 is 0.608. The van der Waals surface area contributed by atoms with Gasteiger partial charge in [-0.2, -0.15) is 0 Å². The van der Waals surface area contributed by atoms with Crippen LogP contribution in [-0.4, -0.2) is 38.4 Å². The van der Waals surface area contributed by atoms with Gasteiger partial charge in [-0.25, -0.2) is 4.98 Å². The molecule has 0 saturated heterocycles. The number of primary amides is 4. The first-order chi connectivity index (χ1) is 11.2. The van der Waals surface area contributed by atoms with Crippen LogP contribution in [0.25, 0.3) is 11.0 Å². The van der Waals surface area contributed by atoms with Crippen LogP contribution in [-0.2, 0) is 19.2 Å². The molecule has 0 fully saturated rings. The maximum Gasteiger partial charge on any atom is 0.250 e. The molecule has 4 amide bonds. The third kappa shape index (κ3) is 3.15. The minimum Gasteiger partial charge on any atom is -0.368 e. The number of para-hydroxylation sites is 2. The second-order valence-electron chi connectivity index (χ2n) is 4.76. The van der Waals surface area contributed by atoms with E-state index in [1.807, 2.05) is 0 Å². The number of amides is 4. The van der Waals surface area contributed by atoms with Crippen molar-refractivity contribution in [3.8, 4) is 0 Å². The molecule has 10 nitrogen and oxygen atoms in total. The molecule has 1 aromatic heterocycles. The Kier molecular flexibility index (Phi) is 4.74. The number of nitrogens with two attached hydrogens (primary N) is 4. The number of benzene rings is 1. The number of carbonyl (C=O) groups is 4. The first-order valence-corrected chi connectivity index (χ1v) is 7.43. The Morgan fingerprint density at radius 1 is 0.917 bits per heavy atom. The monoisotopic (exact) mass is 350 g/mol. The van der Waals surface area contributed by atoms with Gasteiger partial charge in [-0.1, -0.05) is 23.9 Å². The van der Waals surface area contributed by atoms with Crippen LogP contribution in [0.15, 0.2) is 29.4 Å². The van der Waals surface area contributed by atoms with E-state index in [1.165, 1.54) is 0 Å². The maximum atomic E-state index is 11.7. The Hall–Kier alpha value is -3.08. The lowest BCUT2D eigenvalue weighted by Crippen LogP contribution is -2.39. The largest absolute Gasteiger partial charge is 0.368 e. The summed E-state index contributed by atoms with van der Waals surface area (Å²) in [7, 11) is 0. The first-order valence-electron chi connectivity index (χ1n) is 6.55. The molecule has 0 bridgehead atoms. The van der Waals surface area contributed by atoms with Crippen LogP contribution in [0.5, 0.6) is 0 Å². The van der Waals surface area contributed by atoms with E-state index in [0.717, 1.165) is 4.57 Å². The Bertz CT molecular complexity index is 820. The van der Waals surface area contributed by atoms with E-state index in [2.05, 4.69) is 4.98 Å². The summed E-state index contributed by atoms with van der Waals surface area (Å²) in [4.78, 5) is 50.3. The van der Waals surface area contributed by atoms with E-state index < -0.39 is 34.9 Å². The van der Waals surface area contributed by atoms with E-state index in [-0.39, 0.29) is 5.16 Å². The summed E-state index contributed by atoms with van der Waals surface area (Å²) in [5.74, 6) is -3.99. The van der Waals surface area contributed by atoms with Crippen molar-refractivity contribution in [1.29, 1.82) is 0 Å². The Morgan fingerprint density at radius 3 is 1.96 bits per heavy atom. The number of hydrogen-bond acceptors (Lipinski definition) is 6. The van der Waals surface area contributed by atoms with Gasteiger partial charge in [-0.05, 0) is 12.1 Å². The average Bonchev–Trinajstić information content (AvgIpc) is 2.82. The molecule has 24 heavy (non-hydrogen) atoms. The fourth-order valence-electron chi connectivity index (χ4n) is 2.11. The van der Waals surface area contributed by atoms with Gasteiger partial charge in [0.25, 0.3) is 0 Å². The molecule has 0 radical (unpaired) electrons. The van der Waals surface area contributed by atoms with Crippen LogP contribution in [0.4, 0.5) is 0 Å². The van der Waals surface area contributed by atoms with Crippen molar-refractivity contribution in [1.82, 2.24) is 9.55 Å². The van der Waals surface area contributed by atoms with E-state index in [0.29, 0.717) is 22.8 Å². The SMILES string of the molecule is NC(=O)C(Sc1nc2ccccc2n1C(C(N)=O)C(N)=O)C(N)=O. The number of hydrogen-bond donors (Lipinski definition) is 4. The smallest absolute Gasteiger partial charge is 0.250 e. The highest BCUT2D eigenvalue weighted by Crippen LogP contribution is 2.30. The Balaban J connectivity index is 2.67. The van der Waals surface area contributed by atoms with Crippen molar-refractivity contribution in [2.24, 2.45) is 22.9 Å². The lowest BCUT2D eigenvalue weighted by atomic mass is 10.2. The fraction of sp³-hybridized carbons (Fsp3) is 0.154. The molecular formula is C13H14N6O4S. The van der Waals surface area contributed by atoms with Gasteiger partial charge in [-0.3, -0.25) is 23.7 Å². The molecule has 1 heterocycles. The summed E-state index contributed by atoms with van der Waals surface area (Å²) in [5, 5.41) is -1.46. The number of nitrogens with zero attached hydrogens (tertiary/aromatic N) is 2. The molecule has 11 heteroatoms. The molecule has 0 aliphatic rings. The standard InChI is InChI=1S/C13H14N6O4S/c14-9(20)7(10(15)21)19-6-4-2-1-3-5(6)18-13(19)24-8(11(16)22)12(17)23/h1-4,7-8H,(H2,14,20)(H2,15,21)(H2,16,22)(H2,17,23). The van der Waals surface area contributed by atoms with Gasteiger partial charge in [0.2, 0.25) is 23.6 Å². The van der Waals surface area contributed by atoms with Gasteiger partial charge in [0.15, 0.2) is 16.4 Å². The molecule has 0 aliphatic carbocycles. The third-order valence-corrected chi connectivity index (χ3v) is 4.30. The van der Waals surface area contributed by atoms with Crippen LogP contribution >= 0.6 is 11.8 Å². The first kappa shape index (κ1) is 17.3. The van der Waals surface area contributed by atoms with Crippen molar-refractivity contribution in [3.63, 3.8) is 0 Å². The highest BCUT2D eigenvalue weighted by Gasteiger charge is 2.32. The number of fused-ring (bicyclic) bond motifs is 1. The second kappa shape index (κ2) is 6.58. The van der Waals surface area contributed by atoms with Crippen LogP contribution in [0.2, 0.25) is 0 Å². The minimum atomic E-state index is -1.55. The van der Waals surface area contributed by atoms with Gasteiger partial charge in [0, 0.05) is 0 Å². The summed E-state index contributed by atoms with van der Waals surface area (Å²) in [6.45, 7) is 0. The normalized spacial score (nSPS) is 11.1. The number of aromatic nitrogens is 2. The number of imidazole rings is 1. The van der Waals surface area contributed by atoms with Crippen LogP contribution in [0, 0.1) is 0 Å². The number of thioether (sulfide) groups is 1. The van der Waals surface area contributed by atoms with Crippen molar-refractivity contribution in [3.05, 3.63) is 24.3 Å². The zero-order valence-electron chi connectivity index (χ0n) is 12.2. The van der Waals surface area contributed by atoms with Gasteiger partial charge in [0.1, 0.15) is 0 Å². The zero-order chi connectivity index (χ0) is 18.0. The molecule has 1 aromatic carbocycles. The second-order valence-corrected chi connectivity index (χ2v) is 5.84. The minimum absolute atomic E-state index is 0.0126. The zero-order valence-corrected chi connectivity index (χ0v) is 13.0. The summed E-state index contributed by atoms with van der Waals surface area (Å²) in [5.41, 5.74) is 21.6. The van der Waals surface area contributed by atoms with Crippen molar-refractivity contribution in [2.45, 2.75) is 16.4 Å². The van der Waals surface area contributed by atoms with Gasteiger partial charge >= 0.3 is 0 Å². The van der Waals surface area contributed by atoms with Crippen molar-refractivity contribution < 1.29 is 19.2 Å². The molecule has 0 aliphatic heterocycles. The van der Waals surface area contributed by atoms with Crippen molar-refractivity contribution in [2.75, 3.05) is 0 Å². The maximum absolute atomic E-state index is 11.7. The molecule has 2 aromatic rings. The molecule has 0 unspecified atom stereocenters. The lowest BCUT2D eigenvalue weighted by molar-refractivity contribution is -0.131. The quantitative estimate of drug-likeness (QED) is 0.329. The van der Waals surface area contributed by atoms with E-state index in [1.54, 1.807) is 24.3 Å². The van der Waals surface area contributed by atoms with Gasteiger partial charge in [0.05, 0.1) is 11.0 Å². The summed E-state index contributed by atoms with van der Waals surface area (Å²) in [6, 6.07) is 4.96. The fourth-order valence-corrected chi connectivity index (χ4v) is 3.02. The number of carbonyl (C=O) groups excluding carboxylic acids is 4. The topological polar surface area (TPSA) is 190 Å². The Morgan fingerprint density at radius 2 is 1.46 bits per heavy atom. The van der Waals surface area contributed by atoms with Crippen LogP contribution < -0.4 is 22.9 Å². The van der Waals surface area contributed by atoms with Gasteiger partial charge < -0.3 is 22.9 Å². The van der Waals surface area contributed by atoms with E-state index in [4.69, 9.17) is 22.9 Å². The highest BCUT2D eigenvalue weighted by atomic mass is 32.2. The number of rotatable bonds is 7. The van der Waals surface area contributed by atoms with Gasteiger partial charge in [-0.15, -0.1) is 0 Å². The lowest BCUT2D eigenvalue weighted by Gasteiger charge is -2.16. The Labute approximate surface area is 139 Å². The van der Waals surface area contributed by atoms with E-state index >= 15 is 0 Å². The summed E-state index contributed by atoms with van der Waals surface area (Å²) in [6.07, 6.45) is 0. The van der Waals surface area contributed by atoms with E-state index in [9.17, 15) is 19.2 Å². The summed E-state index contributed by atoms with van der Waals surface area (Å²) < 4.78 is 1.16. The molecule has 0 atom stereocenters. The molecule has 0 saturated carbocycles. The molecular weight excluding hydrogens is 336 g/mol. The predicted molar refractivity (Wildman–Crippen MR) is 85.2 cm³/mol. The third-order valence-electron chi connectivity index (χ3n) is 3.10. The van der Waals surface area contributed by atoms with Crippen molar-refractivity contribution >= 4 is 46.4 Å². The molecule has 0 spiro atoms. The highest BCUT2D eigenvalue weighted by molar-refractivity contribution is 8.01.